The summed E-state index contributed by atoms with van der Waals surface area (Å²) >= 11 is 1.67. The molecule has 0 atom stereocenters. The quantitative estimate of drug-likeness (QED) is 0.886. The minimum absolute atomic E-state index is 0.277. The molecular weight excluding hydrogens is 294 g/mol. The summed E-state index contributed by atoms with van der Waals surface area (Å²) in [4.78, 5) is 6.80. The van der Waals surface area contributed by atoms with E-state index in [1.54, 1.807) is 11.3 Å². The van der Waals surface area contributed by atoms with Crippen LogP contribution in [0.1, 0.15) is 31.0 Å². The maximum Gasteiger partial charge on any atom is 0.151 e. The van der Waals surface area contributed by atoms with Gasteiger partial charge in [-0.1, -0.05) is 13.8 Å². The summed E-state index contributed by atoms with van der Waals surface area (Å²) < 4.78 is 23.1. The maximum atomic E-state index is 11.6. The van der Waals surface area contributed by atoms with Gasteiger partial charge in [-0.25, -0.2) is 13.4 Å². The van der Waals surface area contributed by atoms with Crippen LogP contribution in [0.2, 0.25) is 0 Å². The van der Waals surface area contributed by atoms with Gasteiger partial charge in [0.1, 0.15) is 5.01 Å². The largest absolute Gasteiger partial charge is 0.308 e. The van der Waals surface area contributed by atoms with Crippen molar-refractivity contribution in [2.24, 2.45) is 0 Å². The summed E-state index contributed by atoms with van der Waals surface area (Å²) in [6.07, 6.45) is 0.730. The average Bonchev–Trinajstić information content (AvgIpc) is 2.73. The van der Waals surface area contributed by atoms with Crippen molar-refractivity contribution in [2.45, 2.75) is 39.4 Å². The molecule has 0 radical (unpaired) electrons. The van der Waals surface area contributed by atoms with E-state index in [0.717, 1.165) is 36.8 Å². The molecule has 1 saturated heterocycles. The van der Waals surface area contributed by atoms with Crippen LogP contribution in [0, 0.1) is 0 Å². The van der Waals surface area contributed by atoms with Crippen molar-refractivity contribution in [3.63, 3.8) is 0 Å². The van der Waals surface area contributed by atoms with E-state index in [4.69, 9.17) is 0 Å². The first-order chi connectivity index (χ1) is 9.44. The molecule has 1 fully saturated rings. The van der Waals surface area contributed by atoms with E-state index in [0.29, 0.717) is 18.3 Å². The van der Waals surface area contributed by atoms with Crippen molar-refractivity contribution in [1.82, 2.24) is 15.2 Å². The summed E-state index contributed by atoms with van der Waals surface area (Å²) in [6, 6.07) is 0.457. The molecule has 1 aliphatic heterocycles. The molecule has 1 aliphatic rings. The van der Waals surface area contributed by atoms with E-state index in [9.17, 15) is 8.42 Å². The van der Waals surface area contributed by atoms with Gasteiger partial charge in [0.05, 0.1) is 17.2 Å². The fraction of sp³-hybridized carbons (Fsp3) is 0.769. The highest BCUT2D eigenvalue weighted by Crippen LogP contribution is 2.14. The van der Waals surface area contributed by atoms with Crippen molar-refractivity contribution < 1.29 is 8.42 Å². The van der Waals surface area contributed by atoms with Crippen LogP contribution in [-0.2, 0) is 22.9 Å². The topological polar surface area (TPSA) is 62.3 Å². The highest BCUT2D eigenvalue weighted by molar-refractivity contribution is 7.91. The lowest BCUT2D eigenvalue weighted by Gasteiger charge is -2.17. The zero-order chi connectivity index (χ0) is 14.6. The predicted octanol–water partition coefficient (Wildman–Crippen LogP) is 1.26. The number of sulfone groups is 1. The third-order valence-electron chi connectivity index (χ3n) is 3.29. The van der Waals surface area contributed by atoms with Crippen molar-refractivity contribution >= 4 is 21.2 Å². The van der Waals surface area contributed by atoms with Crippen LogP contribution >= 0.6 is 11.3 Å². The molecule has 20 heavy (non-hydrogen) atoms. The van der Waals surface area contributed by atoms with Crippen molar-refractivity contribution in [3.05, 3.63) is 16.1 Å². The summed E-state index contributed by atoms with van der Waals surface area (Å²) in [5.41, 5.74) is 1.05. The number of nitrogens with zero attached hydrogens (tertiary/aromatic N) is 2. The van der Waals surface area contributed by atoms with Crippen molar-refractivity contribution in [1.29, 1.82) is 0 Å². The molecule has 1 aromatic rings. The van der Waals surface area contributed by atoms with Crippen LogP contribution < -0.4 is 5.32 Å². The Morgan fingerprint density at radius 3 is 2.95 bits per heavy atom. The van der Waals surface area contributed by atoms with Crippen LogP contribution in [0.15, 0.2) is 5.38 Å². The normalized spacial score (nSPS) is 20.1. The Morgan fingerprint density at radius 1 is 1.40 bits per heavy atom. The van der Waals surface area contributed by atoms with Gasteiger partial charge in [0, 0.05) is 31.1 Å². The summed E-state index contributed by atoms with van der Waals surface area (Å²) in [5, 5.41) is 6.53. The molecule has 2 rings (SSSR count). The van der Waals surface area contributed by atoms with Crippen LogP contribution in [0.25, 0.3) is 0 Å². The zero-order valence-corrected chi connectivity index (χ0v) is 13.8. The second-order valence-electron chi connectivity index (χ2n) is 5.55. The fourth-order valence-corrected chi connectivity index (χ4v) is 4.22. The summed E-state index contributed by atoms with van der Waals surface area (Å²) in [5.74, 6) is 0.600. The number of aromatic nitrogens is 1. The lowest BCUT2D eigenvalue weighted by Crippen LogP contribution is -2.27. The number of hydrogen-bond donors (Lipinski definition) is 1. The Morgan fingerprint density at radius 2 is 2.20 bits per heavy atom. The van der Waals surface area contributed by atoms with Crippen LogP contribution in [0.5, 0.6) is 0 Å². The summed E-state index contributed by atoms with van der Waals surface area (Å²) in [7, 11) is -2.83. The first-order valence-electron chi connectivity index (χ1n) is 7.04. The molecule has 0 amide bonds. The molecule has 1 aromatic heterocycles. The Hall–Kier alpha value is -0.500. The lowest BCUT2D eigenvalue weighted by atomic mass is 10.3. The molecule has 114 valence electrons. The van der Waals surface area contributed by atoms with Gasteiger partial charge in [0.2, 0.25) is 0 Å². The average molecular weight is 317 g/mol. The van der Waals surface area contributed by atoms with Crippen LogP contribution in [-0.4, -0.2) is 48.9 Å². The van der Waals surface area contributed by atoms with Gasteiger partial charge in [-0.2, -0.15) is 0 Å². The SMILES string of the molecule is CC(C)NCc1nc(CN2CCCS(=O)(=O)CC2)cs1. The van der Waals surface area contributed by atoms with Crippen molar-refractivity contribution in [3.8, 4) is 0 Å². The minimum atomic E-state index is -2.83. The van der Waals surface area contributed by atoms with E-state index >= 15 is 0 Å². The summed E-state index contributed by atoms with van der Waals surface area (Å²) in [6.45, 7) is 7.26. The van der Waals surface area contributed by atoms with Gasteiger partial charge < -0.3 is 5.32 Å². The van der Waals surface area contributed by atoms with E-state index in [2.05, 4.69) is 34.4 Å². The maximum absolute atomic E-state index is 11.6. The fourth-order valence-electron chi connectivity index (χ4n) is 2.17. The van der Waals surface area contributed by atoms with E-state index in [-0.39, 0.29) is 5.75 Å². The number of nitrogens with one attached hydrogen (secondary N) is 1. The van der Waals surface area contributed by atoms with Gasteiger partial charge in [-0.05, 0) is 13.0 Å². The second-order valence-corrected chi connectivity index (χ2v) is 8.80. The number of hydrogen-bond acceptors (Lipinski definition) is 6. The van der Waals surface area contributed by atoms with E-state index in [1.807, 2.05) is 0 Å². The molecule has 7 heteroatoms. The van der Waals surface area contributed by atoms with Crippen LogP contribution in [0.4, 0.5) is 0 Å². The van der Waals surface area contributed by atoms with Crippen LogP contribution in [0.3, 0.4) is 0 Å². The predicted molar refractivity (Wildman–Crippen MR) is 82.6 cm³/mol. The van der Waals surface area contributed by atoms with Crippen molar-refractivity contribution in [2.75, 3.05) is 24.6 Å². The van der Waals surface area contributed by atoms with E-state index < -0.39 is 9.84 Å². The zero-order valence-electron chi connectivity index (χ0n) is 12.1. The third kappa shape index (κ3) is 5.12. The van der Waals surface area contributed by atoms with Gasteiger partial charge in [0.15, 0.2) is 9.84 Å². The molecule has 0 saturated carbocycles. The Balaban J connectivity index is 1.87. The highest BCUT2D eigenvalue weighted by Gasteiger charge is 2.19. The Kier molecular flexibility index (Phi) is 5.54. The molecule has 1 N–H and O–H groups in total. The second kappa shape index (κ2) is 6.98. The molecule has 0 unspecified atom stereocenters. The standard InChI is InChI=1S/C13H23N3O2S2/c1-11(2)14-8-13-15-12(10-19-13)9-16-4-3-6-20(17,18)7-5-16/h10-11,14H,3-9H2,1-2H3. The molecule has 0 aliphatic carbocycles. The molecule has 0 aromatic carbocycles. The first-order valence-corrected chi connectivity index (χ1v) is 9.74. The Bertz CT molecular complexity index is 525. The molecule has 2 heterocycles. The monoisotopic (exact) mass is 317 g/mol. The molecular formula is C13H23N3O2S2. The highest BCUT2D eigenvalue weighted by atomic mass is 32.2. The minimum Gasteiger partial charge on any atom is -0.308 e. The van der Waals surface area contributed by atoms with Gasteiger partial charge in [-0.15, -0.1) is 11.3 Å². The molecule has 0 spiro atoms. The Labute approximate surface area is 125 Å². The molecule has 0 bridgehead atoms. The smallest absolute Gasteiger partial charge is 0.151 e. The van der Waals surface area contributed by atoms with Gasteiger partial charge >= 0.3 is 0 Å². The third-order valence-corrected chi connectivity index (χ3v) is 5.91. The molecule has 5 nitrogen and oxygen atoms in total. The van der Waals surface area contributed by atoms with Gasteiger partial charge in [0.25, 0.3) is 0 Å². The van der Waals surface area contributed by atoms with Gasteiger partial charge in [-0.3, -0.25) is 4.90 Å². The van der Waals surface area contributed by atoms with E-state index in [1.165, 1.54) is 0 Å². The lowest BCUT2D eigenvalue weighted by molar-refractivity contribution is 0.284. The first kappa shape index (κ1) is 15.9. The number of rotatable bonds is 5. The number of thiazole rings is 1.